The lowest BCUT2D eigenvalue weighted by atomic mass is 9.83. The van der Waals surface area contributed by atoms with Gasteiger partial charge in [0.15, 0.2) is 0 Å². The lowest BCUT2D eigenvalue weighted by molar-refractivity contribution is 0.0783. The highest BCUT2D eigenvalue weighted by Crippen LogP contribution is 2.39. The molecule has 2 aromatic rings. The summed E-state index contributed by atoms with van der Waals surface area (Å²) in [6, 6.07) is 2.37. The van der Waals surface area contributed by atoms with Gasteiger partial charge in [-0.1, -0.05) is 6.07 Å². The standard InChI is InChI=1S/C18H23N3O2S2/c1-18(2,22)17-19-9-15(24-17)25(23)21-10-20-16-13-5-3-4-11(13)8-12-6-7-14(12)16/h8-9,20,22,25H,3-7,10H2,1-2H3. The molecule has 2 aliphatic carbocycles. The third kappa shape index (κ3) is 3.20. The van der Waals surface area contributed by atoms with Crippen LogP contribution in [0.5, 0.6) is 0 Å². The van der Waals surface area contributed by atoms with Gasteiger partial charge in [-0.25, -0.2) is 13.6 Å². The van der Waals surface area contributed by atoms with E-state index in [4.69, 9.17) is 0 Å². The van der Waals surface area contributed by atoms with Crippen molar-refractivity contribution in [3.8, 4) is 0 Å². The third-order valence-corrected chi connectivity index (χ3v) is 7.65. The van der Waals surface area contributed by atoms with Gasteiger partial charge < -0.3 is 10.4 Å². The molecule has 2 aliphatic rings. The van der Waals surface area contributed by atoms with Crippen molar-refractivity contribution in [2.45, 2.75) is 55.8 Å². The van der Waals surface area contributed by atoms with Crippen molar-refractivity contribution in [2.24, 2.45) is 4.36 Å². The quantitative estimate of drug-likeness (QED) is 0.700. The van der Waals surface area contributed by atoms with E-state index in [0.717, 1.165) is 12.8 Å². The number of aryl methyl sites for hydroxylation is 2. The van der Waals surface area contributed by atoms with Gasteiger partial charge >= 0.3 is 0 Å². The number of thiazole rings is 1. The molecular formula is C18H23N3O2S2. The van der Waals surface area contributed by atoms with Crippen LogP contribution in [0.1, 0.15) is 47.5 Å². The van der Waals surface area contributed by atoms with E-state index in [2.05, 4.69) is 20.7 Å². The molecule has 1 atom stereocenters. The molecule has 0 amide bonds. The van der Waals surface area contributed by atoms with E-state index in [9.17, 15) is 9.32 Å². The van der Waals surface area contributed by atoms with Crippen LogP contribution in [0, 0.1) is 0 Å². The number of benzene rings is 1. The van der Waals surface area contributed by atoms with Crippen LogP contribution in [0.25, 0.3) is 0 Å². The predicted molar refractivity (Wildman–Crippen MR) is 102 cm³/mol. The Morgan fingerprint density at radius 1 is 1.28 bits per heavy atom. The molecule has 0 radical (unpaired) electrons. The minimum absolute atomic E-state index is 0.341. The SMILES string of the molecule is CC(C)(O)c1ncc([SH](=O)=NCNc2c3c(cc4c2CC4)CCC3)s1. The van der Waals surface area contributed by atoms with E-state index in [1.807, 2.05) is 0 Å². The molecule has 5 nitrogen and oxygen atoms in total. The zero-order valence-corrected chi connectivity index (χ0v) is 16.2. The molecule has 0 saturated heterocycles. The average molecular weight is 378 g/mol. The second-order valence-electron chi connectivity index (χ2n) is 7.19. The molecule has 0 fully saturated rings. The van der Waals surface area contributed by atoms with Crippen molar-refractivity contribution < 1.29 is 9.32 Å². The Morgan fingerprint density at radius 2 is 2.04 bits per heavy atom. The Balaban J connectivity index is 1.50. The smallest absolute Gasteiger partial charge is 0.125 e. The molecule has 1 aromatic heterocycles. The normalized spacial score (nSPS) is 17.1. The van der Waals surface area contributed by atoms with Crippen LogP contribution in [0.15, 0.2) is 20.8 Å². The summed E-state index contributed by atoms with van der Waals surface area (Å²) >= 11 is 1.26. The Morgan fingerprint density at radius 3 is 2.72 bits per heavy atom. The van der Waals surface area contributed by atoms with Crippen molar-refractivity contribution >= 4 is 27.6 Å². The molecule has 0 bridgehead atoms. The topological polar surface area (TPSA) is 74.6 Å². The van der Waals surface area contributed by atoms with Gasteiger partial charge in [0.2, 0.25) is 0 Å². The molecule has 1 heterocycles. The summed E-state index contributed by atoms with van der Waals surface area (Å²) in [6.07, 6.45) is 7.38. The number of hydrogen-bond acceptors (Lipinski definition) is 6. The lowest BCUT2D eigenvalue weighted by Crippen LogP contribution is -2.15. The predicted octanol–water partition coefficient (Wildman–Crippen LogP) is 3.05. The van der Waals surface area contributed by atoms with Gasteiger partial charge in [0.1, 0.15) is 21.5 Å². The summed E-state index contributed by atoms with van der Waals surface area (Å²) < 4.78 is 17.3. The van der Waals surface area contributed by atoms with Gasteiger partial charge in [0.05, 0.1) is 16.8 Å². The Bertz CT molecular complexity index is 906. The fraction of sp³-hybridized carbons (Fsp3) is 0.500. The molecule has 4 rings (SSSR count). The van der Waals surface area contributed by atoms with Gasteiger partial charge in [-0.3, -0.25) is 0 Å². The van der Waals surface area contributed by atoms with Crippen molar-refractivity contribution in [3.05, 3.63) is 39.5 Å². The molecule has 0 aliphatic heterocycles. The zero-order valence-electron chi connectivity index (χ0n) is 14.5. The number of anilines is 1. The molecule has 1 unspecified atom stereocenters. The first-order valence-corrected chi connectivity index (χ1v) is 10.7. The first-order valence-electron chi connectivity index (χ1n) is 8.67. The molecule has 7 heteroatoms. The van der Waals surface area contributed by atoms with Crippen molar-refractivity contribution in [1.82, 2.24) is 4.98 Å². The van der Waals surface area contributed by atoms with Crippen molar-refractivity contribution in [2.75, 3.05) is 12.0 Å². The molecule has 25 heavy (non-hydrogen) atoms. The van der Waals surface area contributed by atoms with E-state index in [-0.39, 0.29) is 0 Å². The Labute approximate surface area is 153 Å². The number of fused-ring (bicyclic) bond motifs is 2. The fourth-order valence-corrected chi connectivity index (χ4v) is 5.44. The van der Waals surface area contributed by atoms with E-state index in [1.54, 1.807) is 20.0 Å². The van der Waals surface area contributed by atoms with E-state index in [0.29, 0.717) is 15.9 Å². The zero-order chi connectivity index (χ0) is 17.6. The molecule has 0 spiro atoms. The summed E-state index contributed by atoms with van der Waals surface area (Å²) in [4.78, 5) is 4.16. The lowest BCUT2D eigenvalue weighted by Gasteiger charge is -2.26. The summed E-state index contributed by atoms with van der Waals surface area (Å²) in [6.45, 7) is 3.69. The second kappa shape index (κ2) is 6.37. The van der Waals surface area contributed by atoms with Crippen molar-refractivity contribution in [1.29, 1.82) is 0 Å². The molecule has 134 valence electrons. The summed E-state index contributed by atoms with van der Waals surface area (Å²) in [5, 5.41) is 14.0. The van der Waals surface area contributed by atoms with E-state index >= 15 is 0 Å². The van der Waals surface area contributed by atoms with Gasteiger partial charge in [-0.15, -0.1) is 11.3 Å². The van der Waals surface area contributed by atoms with Gasteiger partial charge in [-0.2, -0.15) is 0 Å². The summed E-state index contributed by atoms with van der Waals surface area (Å²) in [5.74, 6) is 0. The van der Waals surface area contributed by atoms with Crippen LogP contribution in [0.4, 0.5) is 5.69 Å². The maximum Gasteiger partial charge on any atom is 0.125 e. The first kappa shape index (κ1) is 17.0. The minimum atomic E-state index is -1.85. The molecule has 2 N–H and O–H groups in total. The summed E-state index contributed by atoms with van der Waals surface area (Å²) in [7, 11) is -1.85. The maximum absolute atomic E-state index is 12.4. The number of thiol groups is 1. The van der Waals surface area contributed by atoms with Crippen LogP contribution < -0.4 is 5.32 Å². The minimum Gasteiger partial charge on any atom is -0.383 e. The van der Waals surface area contributed by atoms with E-state index in [1.165, 1.54) is 58.5 Å². The van der Waals surface area contributed by atoms with Gasteiger partial charge in [0, 0.05) is 5.69 Å². The number of nitrogens with one attached hydrogen (secondary N) is 1. The average Bonchev–Trinajstić information content (AvgIpc) is 3.18. The molecular weight excluding hydrogens is 354 g/mol. The van der Waals surface area contributed by atoms with Crippen LogP contribution in [-0.4, -0.2) is 21.0 Å². The van der Waals surface area contributed by atoms with Gasteiger partial charge in [-0.05, 0) is 68.2 Å². The van der Waals surface area contributed by atoms with E-state index < -0.39 is 16.2 Å². The first-order chi connectivity index (χ1) is 11.9. The molecule has 1 aromatic carbocycles. The number of rotatable bonds is 5. The number of hydrogen-bond donors (Lipinski definition) is 3. The number of aromatic nitrogens is 1. The van der Waals surface area contributed by atoms with Crippen LogP contribution in [0.3, 0.4) is 0 Å². The van der Waals surface area contributed by atoms with Crippen LogP contribution in [-0.2, 0) is 41.9 Å². The van der Waals surface area contributed by atoms with Crippen molar-refractivity contribution in [3.63, 3.8) is 0 Å². The van der Waals surface area contributed by atoms with Crippen LogP contribution >= 0.6 is 11.3 Å². The maximum atomic E-state index is 12.4. The van der Waals surface area contributed by atoms with Crippen LogP contribution in [0.2, 0.25) is 0 Å². The Hall–Kier alpha value is -1.44. The second-order valence-corrected chi connectivity index (χ2v) is 9.84. The monoisotopic (exact) mass is 377 g/mol. The highest BCUT2D eigenvalue weighted by molar-refractivity contribution is 7.77. The summed E-state index contributed by atoms with van der Waals surface area (Å²) in [5.41, 5.74) is 6.03. The largest absolute Gasteiger partial charge is 0.383 e. The third-order valence-electron chi connectivity index (χ3n) is 4.90. The Kier molecular flexibility index (Phi) is 4.33. The van der Waals surface area contributed by atoms with Gasteiger partial charge in [0.25, 0.3) is 0 Å². The number of nitrogens with zero attached hydrogens (tertiary/aromatic N) is 2. The fourth-order valence-electron chi connectivity index (χ4n) is 3.54. The molecule has 0 saturated carbocycles. The highest BCUT2D eigenvalue weighted by Gasteiger charge is 2.25. The highest BCUT2D eigenvalue weighted by atomic mass is 32.2. The number of aliphatic hydroxyl groups is 1.